The SMILES string of the molecule is CCCCCCCCCCCCCCCCCCN1C=CN(CCCCCCCCCCCC)C1CCCCCCCCCCCCCCCCC. The maximum absolute atomic E-state index is 2.74. The van der Waals surface area contributed by atoms with Crippen molar-refractivity contribution in [3.05, 3.63) is 12.4 Å². The molecule has 1 aliphatic rings. The minimum Gasteiger partial charge on any atom is -0.356 e. The molecule has 0 amide bonds. The molecular weight excluding hydrogens is 629 g/mol. The van der Waals surface area contributed by atoms with Crippen LogP contribution in [0.2, 0.25) is 0 Å². The van der Waals surface area contributed by atoms with Crippen molar-refractivity contribution >= 4 is 0 Å². The van der Waals surface area contributed by atoms with Gasteiger partial charge in [0.15, 0.2) is 0 Å². The van der Waals surface area contributed by atoms with Crippen molar-refractivity contribution in [2.45, 2.75) is 297 Å². The van der Waals surface area contributed by atoms with E-state index in [0.29, 0.717) is 6.17 Å². The van der Waals surface area contributed by atoms with Gasteiger partial charge in [-0.2, -0.15) is 0 Å². The van der Waals surface area contributed by atoms with Crippen LogP contribution in [0, 0.1) is 0 Å². The molecule has 1 rings (SSSR count). The van der Waals surface area contributed by atoms with Crippen LogP contribution < -0.4 is 0 Å². The fourth-order valence-electron chi connectivity index (χ4n) is 8.66. The van der Waals surface area contributed by atoms with Crippen LogP contribution in [0.1, 0.15) is 290 Å². The Labute approximate surface area is 330 Å². The van der Waals surface area contributed by atoms with E-state index in [4.69, 9.17) is 0 Å². The van der Waals surface area contributed by atoms with Gasteiger partial charge in [0.25, 0.3) is 0 Å². The molecule has 0 radical (unpaired) electrons. The van der Waals surface area contributed by atoms with Gasteiger partial charge in [-0.25, -0.2) is 0 Å². The summed E-state index contributed by atoms with van der Waals surface area (Å²) in [7, 11) is 0. The topological polar surface area (TPSA) is 6.48 Å². The Morgan fingerprint density at radius 2 is 0.442 bits per heavy atom. The highest BCUT2D eigenvalue weighted by atomic mass is 15.4. The summed E-state index contributed by atoms with van der Waals surface area (Å²) >= 11 is 0. The van der Waals surface area contributed by atoms with E-state index in [-0.39, 0.29) is 0 Å². The second kappa shape index (κ2) is 41.5. The molecule has 2 heteroatoms. The minimum atomic E-state index is 0.636. The molecule has 2 nitrogen and oxygen atoms in total. The lowest BCUT2D eigenvalue weighted by atomic mass is 10.0. The van der Waals surface area contributed by atoms with Gasteiger partial charge in [-0.1, -0.05) is 265 Å². The summed E-state index contributed by atoms with van der Waals surface area (Å²) in [6.07, 6.45) is 66.4. The Morgan fingerprint density at radius 3 is 0.673 bits per heavy atom. The third-order valence-corrected chi connectivity index (χ3v) is 12.3. The number of nitrogens with zero attached hydrogens (tertiary/aromatic N) is 2. The zero-order chi connectivity index (χ0) is 37.3. The van der Waals surface area contributed by atoms with Gasteiger partial charge in [-0.15, -0.1) is 0 Å². The quantitative estimate of drug-likeness (QED) is 0.0576. The van der Waals surface area contributed by atoms with E-state index in [2.05, 4.69) is 43.0 Å². The molecule has 0 saturated heterocycles. The van der Waals surface area contributed by atoms with Gasteiger partial charge in [0.05, 0.1) is 0 Å². The molecule has 0 fully saturated rings. The number of unbranched alkanes of at least 4 members (excludes halogenated alkanes) is 38. The highest BCUT2D eigenvalue weighted by Crippen LogP contribution is 2.24. The molecule has 0 aromatic rings. The van der Waals surface area contributed by atoms with Gasteiger partial charge in [0.2, 0.25) is 0 Å². The summed E-state index contributed by atoms with van der Waals surface area (Å²) < 4.78 is 0. The van der Waals surface area contributed by atoms with Crippen LogP contribution in [0.4, 0.5) is 0 Å². The summed E-state index contributed by atoms with van der Waals surface area (Å²) in [5.74, 6) is 0. The molecule has 1 aliphatic heterocycles. The third kappa shape index (κ3) is 32.7. The van der Waals surface area contributed by atoms with E-state index in [1.54, 1.807) is 0 Å². The Morgan fingerprint density at radius 1 is 0.250 bits per heavy atom. The van der Waals surface area contributed by atoms with Crippen molar-refractivity contribution in [2.24, 2.45) is 0 Å². The summed E-state index contributed by atoms with van der Waals surface area (Å²) in [6, 6.07) is 0. The molecule has 0 bridgehead atoms. The molecular formula is C50H100N2. The monoisotopic (exact) mass is 729 g/mol. The fraction of sp³-hybridized carbons (Fsp3) is 0.960. The second-order valence-electron chi connectivity index (χ2n) is 17.5. The van der Waals surface area contributed by atoms with Crippen molar-refractivity contribution in [1.29, 1.82) is 0 Å². The van der Waals surface area contributed by atoms with Crippen molar-refractivity contribution in [1.82, 2.24) is 9.80 Å². The fourth-order valence-corrected chi connectivity index (χ4v) is 8.66. The molecule has 310 valence electrons. The van der Waals surface area contributed by atoms with E-state index >= 15 is 0 Å². The van der Waals surface area contributed by atoms with Gasteiger partial charge in [0, 0.05) is 25.5 Å². The molecule has 0 spiro atoms. The van der Waals surface area contributed by atoms with Gasteiger partial charge < -0.3 is 9.80 Å². The van der Waals surface area contributed by atoms with Gasteiger partial charge in [-0.05, 0) is 25.7 Å². The Balaban J connectivity index is 2.18. The number of hydrogen-bond acceptors (Lipinski definition) is 2. The van der Waals surface area contributed by atoms with Crippen LogP contribution in [0.25, 0.3) is 0 Å². The predicted molar refractivity (Wildman–Crippen MR) is 237 cm³/mol. The lowest BCUT2D eigenvalue weighted by molar-refractivity contribution is 0.135. The van der Waals surface area contributed by atoms with Crippen LogP contribution in [0.3, 0.4) is 0 Å². The zero-order valence-corrected chi connectivity index (χ0v) is 36.7. The number of hydrogen-bond donors (Lipinski definition) is 0. The van der Waals surface area contributed by atoms with Crippen molar-refractivity contribution in [2.75, 3.05) is 13.1 Å². The van der Waals surface area contributed by atoms with Crippen molar-refractivity contribution in [3.8, 4) is 0 Å². The first-order chi connectivity index (χ1) is 25.8. The molecule has 0 aromatic carbocycles. The first-order valence-corrected chi connectivity index (χ1v) is 25.0. The van der Waals surface area contributed by atoms with Crippen molar-refractivity contribution < 1.29 is 0 Å². The Bertz CT molecular complexity index is 688. The average Bonchev–Trinajstić information content (AvgIpc) is 3.54. The molecule has 52 heavy (non-hydrogen) atoms. The smallest absolute Gasteiger partial charge is 0.101 e. The molecule has 1 unspecified atom stereocenters. The maximum atomic E-state index is 2.74. The summed E-state index contributed by atoms with van der Waals surface area (Å²) in [5.41, 5.74) is 0. The highest BCUT2D eigenvalue weighted by molar-refractivity contribution is 4.97. The summed E-state index contributed by atoms with van der Waals surface area (Å²) in [6.45, 7) is 9.49. The molecule has 1 heterocycles. The summed E-state index contributed by atoms with van der Waals surface area (Å²) in [4.78, 5) is 5.48. The molecule has 0 aromatic heterocycles. The number of rotatable bonds is 44. The van der Waals surface area contributed by atoms with Gasteiger partial charge in [-0.3, -0.25) is 0 Å². The Kier molecular flexibility index (Phi) is 39.4. The zero-order valence-electron chi connectivity index (χ0n) is 36.7. The van der Waals surface area contributed by atoms with E-state index in [9.17, 15) is 0 Å². The lowest BCUT2D eigenvalue weighted by Gasteiger charge is -2.33. The third-order valence-electron chi connectivity index (χ3n) is 12.3. The molecule has 0 aliphatic carbocycles. The minimum absolute atomic E-state index is 0.636. The average molecular weight is 729 g/mol. The highest BCUT2D eigenvalue weighted by Gasteiger charge is 2.24. The van der Waals surface area contributed by atoms with Crippen molar-refractivity contribution in [3.63, 3.8) is 0 Å². The van der Waals surface area contributed by atoms with E-state index in [0.717, 1.165) is 0 Å². The maximum Gasteiger partial charge on any atom is 0.101 e. The van der Waals surface area contributed by atoms with Gasteiger partial charge >= 0.3 is 0 Å². The normalized spacial score (nSPS) is 14.4. The van der Waals surface area contributed by atoms with Gasteiger partial charge in [0.1, 0.15) is 6.17 Å². The van der Waals surface area contributed by atoms with E-state index in [1.165, 1.54) is 283 Å². The molecule has 0 saturated carbocycles. The predicted octanol–water partition coefficient (Wildman–Crippen LogP) is 17.8. The van der Waals surface area contributed by atoms with E-state index < -0.39 is 0 Å². The first kappa shape index (κ1) is 49.4. The molecule has 1 atom stereocenters. The van der Waals surface area contributed by atoms with Crippen LogP contribution in [0.15, 0.2) is 12.4 Å². The first-order valence-electron chi connectivity index (χ1n) is 25.0. The van der Waals surface area contributed by atoms with Crippen LogP contribution in [0.5, 0.6) is 0 Å². The summed E-state index contributed by atoms with van der Waals surface area (Å²) in [5, 5.41) is 0. The Hall–Kier alpha value is -0.660. The van der Waals surface area contributed by atoms with Crippen LogP contribution in [-0.2, 0) is 0 Å². The van der Waals surface area contributed by atoms with Crippen LogP contribution in [-0.4, -0.2) is 29.1 Å². The van der Waals surface area contributed by atoms with E-state index in [1.807, 2.05) is 0 Å². The second-order valence-corrected chi connectivity index (χ2v) is 17.5. The lowest BCUT2D eigenvalue weighted by Crippen LogP contribution is -2.39. The standard InChI is InChI=1S/C50H100N2/c1-4-7-10-13-16-19-22-24-26-28-30-32-35-38-41-44-47-52-49-48-51(46-43-40-37-34-21-18-15-12-9-6-3)50(52)45-42-39-36-33-31-29-27-25-23-20-17-14-11-8-5-2/h48-50H,4-47H2,1-3H3. The molecule has 0 N–H and O–H groups in total. The van der Waals surface area contributed by atoms with Crippen LogP contribution >= 0.6 is 0 Å². The largest absolute Gasteiger partial charge is 0.356 e.